The molecule has 1 saturated heterocycles. The fourth-order valence-corrected chi connectivity index (χ4v) is 4.20. The number of benzene rings is 1. The van der Waals surface area contributed by atoms with Crippen molar-refractivity contribution in [1.29, 1.82) is 0 Å². The first-order valence-electron chi connectivity index (χ1n) is 8.65. The molecule has 3 rings (SSSR count). The van der Waals surface area contributed by atoms with Gasteiger partial charge in [-0.1, -0.05) is 0 Å². The van der Waals surface area contributed by atoms with Crippen LogP contribution in [0.3, 0.4) is 0 Å². The van der Waals surface area contributed by atoms with Crippen LogP contribution in [0.4, 0.5) is 5.69 Å². The molecule has 0 saturated carbocycles. The number of nitrogens with zero attached hydrogens (tertiary/aromatic N) is 3. The summed E-state index contributed by atoms with van der Waals surface area (Å²) in [6.45, 7) is 1.31. The smallest absolute Gasteiger partial charge is 0.248 e. The third-order valence-electron chi connectivity index (χ3n) is 4.30. The van der Waals surface area contributed by atoms with E-state index in [1.165, 1.54) is 35.7 Å². The summed E-state index contributed by atoms with van der Waals surface area (Å²) >= 11 is 0. The maximum absolute atomic E-state index is 12.8. The fraction of sp³-hybridized carbons (Fsp3) is 0.333. The Morgan fingerprint density at radius 1 is 1.29 bits per heavy atom. The highest BCUT2D eigenvalue weighted by atomic mass is 32.2. The standard InChI is InChI=1S/C18H22N4O5S/c1-21-14(7-8-19-21)3-6-18(23)20-16-13-15(4-5-17(16)26-2)28(24,25)22-9-11-27-12-10-22/h3-8,13H,9-12H2,1-2H3,(H,20,23). The van der Waals surface area contributed by atoms with Crippen LogP contribution in [-0.2, 0) is 26.6 Å². The lowest BCUT2D eigenvalue weighted by Crippen LogP contribution is -2.40. The van der Waals surface area contributed by atoms with Crippen molar-refractivity contribution in [3.63, 3.8) is 0 Å². The Labute approximate surface area is 163 Å². The first-order valence-corrected chi connectivity index (χ1v) is 10.1. The normalized spacial score (nSPS) is 15.6. The highest BCUT2D eigenvalue weighted by molar-refractivity contribution is 7.89. The number of anilines is 1. The number of sulfonamides is 1. The molecule has 0 bridgehead atoms. The Balaban J connectivity index is 1.82. The van der Waals surface area contributed by atoms with Crippen LogP contribution in [0.1, 0.15) is 5.69 Å². The molecule has 1 aromatic carbocycles. The van der Waals surface area contributed by atoms with Gasteiger partial charge in [0.1, 0.15) is 5.75 Å². The number of carbonyl (C=O) groups is 1. The minimum absolute atomic E-state index is 0.0844. The molecule has 10 heteroatoms. The Hall–Kier alpha value is -2.69. The van der Waals surface area contributed by atoms with E-state index in [0.29, 0.717) is 32.1 Å². The molecule has 150 valence electrons. The number of carbonyl (C=O) groups excluding carboxylic acids is 1. The molecule has 28 heavy (non-hydrogen) atoms. The van der Waals surface area contributed by atoms with Crippen molar-refractivity contribution < 1.29 is 22.7 Å². The number of rotatable bonds is 6. The summed E-state index contributed by atoms with van der Waals surface area (Å²) in [6.07, 6.45) is 4.59. The molecule has 1 aliphatic heterocycles. The molecule has 0 atom stereocenters. The molecule has 1 amide bonds. The minimum Gasteiger partial charge on any atom is -0.495 e. The van der Waals surface area contributed by atoms with Crippen molar-refractivity contribution in [2.75, 3.05) is 38.7 Å². The second kappa shape index (κ2) is 8.55. The van der Waals surface area contributed by atoms with Crippen LogP contribution in [0.15, 0.2) is 41.4 Å². The molecular formula is C18H22N4O5S. The van der Waals surface area contributed by atoms with E-state index in [4.69, 9.17) is 9.47 Å². The van der Waals surface area contributed by atoms with E-state index in [1.54, 1.807) is 30.1 Å². The number of aryl methyl sites for hydroxylation is 1. The average Bonchev–Trinajstić information content (AvgIpc) is 3.12. The van der Waals surface area contributed by atoms with Crippen LogP contribution in [0, 0.1) is 0 Å². The average molecular weight is 406 g/mol. The summed E-state index contributed by atoms with van der Waals surface area (Å²) in [5, 5.41) is 6.69. The number of hydrogen-bond acceptors (Lipinski definition) is 6. The van der Waals surface area contributed by atoms with Gasteiger partial charge < -0.3 is 14.8 Å². The zero-order valence-corrected chi connectivity index (χ0v) is 16.5. The molecule has 0 radical (unpaired) electrons. The highest BCUT2D eigenvalue weighted by Gasteiger charge is 2.27. The summed E-state index contributed by atoms with van der Waals surface area (Å²) in [5.74, 6) is -0.0522. The van der Waals surface area contributed by atoms with Crippen LogP contribution < -0.4 is 10.1 Å². The summed E-state index contributed by atoms with van der Waals surface area (Å²) in [4.78, 5) is 12.4. The molecule has 0 aliphatic carbocycles. The molecule has 1 fully saturated rings. The molecule has 0 spiro atoms. The van der Waals surface area contributed by atoms with Crippen molar-refractivity contribution in [1.82, 2.24) is 14.1 Å². The number of morpholine rings is 1. The van der Waals surface area contributed by atoms with E-state index in [0.717, 1.165) is 5.69 Å². The van der Waals surface area contributed by atoms with Gasteiger partial charge in [-0.15, -0.1) is 0 Å². The molecule has 0 unspecified atom stereocenters. The first-order chi connectivity index (χ1) is 13.4. The van der Waals surface area contributed by atoms with Crippen molar-refractivity contribution >= 4 is 27.7 Å². The van der Waals surface area contributed by atoms with Gasteiger partial charge in [0.05, 0.1) is 36.6 Å². The molecule has 1 aliphatic rings. The molecule has 2 aromatic rings. The lowest BCUT2D eigenvalue weighted by Gasteiger charge is -2.26. The zero-order chi connectivity index (χ0) is 20.1. The number of amides is 1. The van der Waals surface area contributed by atoms with Gasteiger partial charge in [-0.05, 0) is 30.3 Å². The number of methoxy groups -OCH3 is 1. The van der Waals surface area contributed by atoms with Crippen molar-refractivity contribution in [2.24, 2.45) is 7.05 Å². The number of aromatic nitrogens is 2. The topological polar surface area (TPSA) is 103 Å². The van der Waals surface area contributed by atoms with E-state index >= 15 is 0 Å². The van der Waals surface area contributed by atoms with Crippen LogP contribution in [-0.4, -0.2) is 61.8 Å². The largest absolute Gasteiger partial charge is 0.495 e. The molecule has 2 heterocycles. The van der Waals surface area contributed by atoms with E-state index in [9.17, 15) is 13.2 Å². The maximum Gasteiger partial charge on any atom is 0.248 e. The van der Waals surface area contributed by atoms with Crippen molar-refractivity contribution in [3.05, 3.63) is 42.2 Å². The monoisotopic (exact) mass is 406 g/mol. The minimum atomic E-state index is -3.68. The molecule has 1 N–H and O–H groups in total. The van der Waals surface area contributed by atoms with Gasteiger partial charge >= 0.3 is 0 Å². The second-order valence-electron chi connectivity index (χ2n) is 6.08. The predicted octanol–water partition coefficient (Wildman–Crippen LogP) is 1.10. The van der Waals surface area contributed by atoms with Crippen molar-refractivity contribution in [3.8, 4) is 5.75 Å². The number of nitrogens with one attached hydrogen (secondary N) is 1. The van der Waals surface area contributed by atoms with Gasteiger partial charge in [-0.25, -0.2) is 8.42 Å². The summed E-state index contributed by atoms with van der Waals surface area (Å²) < 4.78 is 39.1. The Morgan fingerprint density at radius 2 is 2.04 bits per heavy atom. The van der Waals surface area contributed by atoms with Crippen LogP contribution in [0.5, 0.6) is 5.75 Å². The lowest BCUT2D eigenvalue weighted by molar-refractivity contribution is -0.111. The predicted molar refractivity (Wildman–Crippen MR) is 103 cm³/mol. The Bertz CT molecular complexity index is 978. The zero-order valence-electron chi connectivity index (χ0n) is 15.7. The maximum atomic E-state index is 12.8. The van der Waals surface area contributed by atoms with Gasteiger partial charge in [0.15, 0.2) is 0 Å². The Kier molecular flexibility index (Phi) is 6.12. The van der Waals surface area contributed by atoms with E-state index in [2.05, 4.69) is 10.4 Å². The molecule has 1 aromatic heterocycles. The van der Waals surface area contributed by atoms with Crippen LogP contribution in [0.2, 0.25) is 0 Å². The van der Waals surface area contributed by atoms with Gasteiger partial charge in [0, 0.05) is 32.4 Å². The third kappa shape index (κ3) is 4.41. The van der Waals surface area contributed by atoms with Gasteiger partial charge in [-0.2, -0.15) is 9.40 Å². The van der Waals surface area contributed by atoms with E-state index in [-0.39, 0.29) is 10.6 Å². The number of ether oxygens (including phenoxy) is 2. The van der Waals surface area contributed by atoms with Crippen LogP contribution in [0.25, 0.3) is 6.08 Å². The Morgan fingerprint density at radius 3 is 2.68 bits per heavy atom. The fourth-order valence-electron chi connectivity index (χ4n) is 2.76. The van der Waals surface area contributed by atoms with Gasteiger partial charge in [-0.3, -0.25) is 9.48 Å². The van der Waals surface area contributed by atoms with Gasteiger partial charge in [0.2, 0.25) is 15.9 Å². The lowest BCUT2D eigenvalue weighted by atomic mass is 10.3. The first kappa shape index (κ1) is 20.1. The van der Waals surface area contributed by atoms with Gasteiger partial charge in [0.25, 0.3) is 0 Å². The molecule has 9 nitrogen and oxygen atoms in total. The highest BCUT2D eigenvalue weighted by Crippen LogP contribution is 2.29. The summed E-state index contributed by atoms with van der Waals surface area (Å²) in [7, 11) is -0.466. The molecular weight excluding hydrogens is 384 g/mol. The third-order valence-corrected chi connectivity index (χ3v) is 6.20. The summed E-state index contributed by atoms with van der Waals surface area (Å²) in [6, 6.07) is 6.15. The SMILES string of the molecule is COc1ccc(S(=O)(=O)N2CCOCC2)cc1NC(=O)C=Cc1ccnn1C. The summed E-state index contributed by atoms with van der Waals surface area (Å²) in [5.41, 5.74) is 1.03. The quantitative estimate of drug-likeness (QED) is 0.721. The van der Waals surface area contributed by atoms with E-state index < -0.39 is 15.9 Å². The van der Waals surface area contributed by atoms with Crippen molar-refractivity contribution in [2.45, 2.75) is 4.90 Å². The van der Waals surface area contributed by atoms with E-state index in [1.807, 2.05) is 0 Å². The van der Waals surface area contributed by atoms with Crippen LogP contribution >= 0.6 is 0 Å². The second-order valence-corrected chi connectivity index (χ2v) is 8.02. The number of hydrogen-bond donors (Lipinski definition) is 1.